The van der Waals surface area contributed by atoms with Crippen LogP contribution < -0.4 is 20.9 Å². The van der Waals surface area contributed by atoms with Gasteiger partial charge >= 0.3 is 0 Å². The minimum atomic E-state index is -0.500. The third-order valence-electron chi connectivity index (χ3n) is 6.61. The van der Waals surface area contributed by atoms with Gasteiger partial charge in [0.1, 0.15) is 22.9 Å². The summed E-state index contributed by atoms with van der Waals surface area (Å²) in [6.07, 6.45) is 8.86. The molecule has 0 saturated carbocycles. The van der Waals surface area contributed by atoms with Crippen LogP contribution in [0.1, 0.15) is 79.1 Å². The Morgan fingerprint density at radius 2 is 1.38 bits per heavy atom. The van der Waals surface area contributed by atoms with Crippen LogP contribution in [0.25, 0.3) is 0 Å². The second-order valence-electron chi connectivity index (χ2n) is 9.51. The molecule has 0 aliphatic carbocycles. The molecule has 0 aromatic heterocycles. The molecule has 0 heterocycles. The number of ether oxygens (including phenoxy) is 2. The van der Waals surface area contributed by atoms with Crippen LogP contribution in [0, 0.1) is 22.0 Å². The lowest BCUT2D eigenvalue weighted by Gasteiger charge is -2.19. The number of nitrogen functional groups attached to an aromatic ring is 2. The Kier molecular flexibility index (Phi) is 12.7. The molecule has 4 N–H and O–H groups in total. The molecule has 0 amide bonds. The summed E-state index contributed by atoms with van der Waals surface area (Å²) in [5.41, 5.74) is 13.7. The molecule has 0 saturated heterocycles. The first-order valence-corrected chi connectivity index (χ1v) is 13.5. The van der Waals surface area contributed by atoms with Gasteiger partial charge in [0.05, 0.1) is 29.5 Å². The van der Waals surface area contributed by atoms with Crippen molar-refractivity contribution in [1.82, 2.24) is 0 Å². The highest BCUT2D eigenvalue weighted by Gasteiger charge is 2.16. The predicted octanol–water partition coefficient (Wildman–Crippen LogP) is 8.37. The highest BCUT2D eigenvalue weighted by molar-refractivity contribution is 5.68. The van der Waals surface area contributed by atoms with Gasteiger partial charge in [0.25, 0.3) is 5.69 Å². The second-order valence-corrected chi connectivity index (χ2v) is 9.51. The Bertz CT molecular complexity index is 1030. The number of nitro groups is 1. The van der Waals surface area contributed by atoms with Crippen molar-refractivity contribution in [3.05, 3.63) is 40.4 Å². The SMILES string of the molecule is CCCCC(CC)COc1cc(N=Nc2ccc([N+](=O)[O-])cc2N)c(OCC(CC)CCCC)cc1N. The topological polar surface area (TPSA) is 138 Å². The Morgan fingerprint density at radius 3 is 1.89 bits per heavy atom. The standard InChI is InChI=1S/C28H43N5O4/c1-5-9-11-20(7-3)18-36-27-17-26(32-31-25-14-13-22(33(34)35)15-23(25)29)28(16-24(27)30)37-19-21(8-4)12-10-6-2/h13-17,20-21H,5-12,18-19,29-30H2,1-4H3. The Morgan fingerprint density at radius 1 is 0.811 bits per heavy atom. The molecule has 0 fully saturated rings. The second kappa shape index (κ2) is 15.7. The fraction of sp³-hybridized carbons (Fsp3) is 0.571. The van der Waals surface area contributed by atoms with Crippen molar-refractivity contribution in [3.63, 3.8) is 0 Å². The van der Waals surface area contributed by atoms with Crippen LogP contribution in [-0.4, -0.2) is 18.1 Å². The van der Waals surface area contributed by atoms with Crippen molar-refractivity contribution in [2.24, 2.45) is 22.1 Å². The Balaban J connectivity index is 2.33. The minimum absolute atomic E-state index is 0.102. The summed E-state index contributed by atoms with van der Waals surface area (Å²) in [6.45, 7) is 9.82. The smallest absolute Gasteiger partial charge is 0.271 e. The first-order valence-electron chi connectivity index (χ1n) is 13.5. The zero-order valence-corrected chi connectivity index (χ0v) is 22.7. The molecule has 9 heteroatoms. The molecule has 0 radical (unpaired) electrons. The maximum absolute atomic E-state index is 11.0. The molecular formula is C28H43N5O4. The summed E-state index contributed by atoms with van der Waals surface area (Å²) in [4.78, 5) is 10.5. The molecule has 0 aliphatic rings. The lowest BCUT2D eigenvalue weighted by molar-refractivity contribution is -0.384. The number of rotatable bonds is 17. The summed E-state index contributed by atoms with van der Waals surface area (Å²) in [5.74, 6) is 1.92. The number of azo groups is 1. The third-order valence-corrected chi connectivity index (χ3v) is 6.61. The number of nitro benzene ring substituents is 1. The molecule has 0 aliphatic heterocycles. The van der Waals surface area contributed by atoms with Crippen molar-refractivity contribution < 1.29 is 14.4 Å². The Hall–Kier alpha value is -3.36. The first-order chi connectivity index (χ1) is 17.8. The number of benzene rings is 2. The van der Waals surface area contributed by atoms with E-state index >= 15 is 0 Å². The summed E-state index contributed by atoms with van der Waals surface area (Å²) < 4.78 is 12.3. The zero-order chi connectivity index (χ0) is 27.2. The van der Waals surface area contributed by atoms with Crippen LogP contribution >= 0.6 is 0 Å². The largest absolute Gasteiger partial charge is 0.491 e. The highest BCUT2D eigenvalue weighted by Crippen LogP contribution is 2.39. The van der Waals surface area contributed by atoms with Gasteiger partial charge in [0, 0.05) is 24.3 Å². The molecule has 2 rings (SSSR count). The lowest BCUT2D eigenvalue weighted by atomic mass is 10.0. The van der Waals surface area contributed by atoms with E-state index in [-0.39, 0.29) is 11.4 Å². The average Bonchev–Trinajstić information content (AvgIpc) is 2.89. The van der Waals surface area contributed by atoms with Gasteiger partial charge in [0.2, 0.25) is 0 Å². The van der Waals surface area contributed by atoms with Gasteiger partial charge in [-0.15, -0.1) is 10.2 Å². The van der Waals surface area contributed by atoms with Gasteiger partial charge in [-0.25, -0.2) is 0 Å². The molecule has 0 bridgehead atoms. The maximum Gasteiger partial charge on any atom is 0.271 e. The molecule has 0 spiro atoms. The summed E-state index contributed by atoms with van der Waals surface area (Å²) in [7, 11) is 0. The fourth-order valence-electron chi connectivity index (χ4n) is 3.95. The van der Waals surface area contributed by atoms with Crippen LogP contribution in [0.5, 0.6) is 11.5 Å². The number of hydrogen-bond donors (Lipinski definition) is 2. The van der Waals surface area contributed by atoms with Crippen molar-refractivity contribution in [2.45, 2.75) is 79.1 Å². The normalized spacial score (nSPS) is 13.0. The average molecular weight is 514 g/mol. The van der Waals surface area contributed by atoms with E-state index in [9.17, 15) is 10.1 Å². The molecular weight excluding hydrogens is 470 g/mol. The number of non-ortho nitro benzene ring substituents is 1. The molecule has 9 nitrogen and oxygen atoms in total. The maximum atomic E-state index is 11.0. The van der Waals surface area contributed by atoms with Gasteiger partial charge in [0.15, 0.2) is 0 Å². The molecule has 37 heavy (non-hydrogen) atoms. The first kappa shape index (κ1) is 29.9. The van der Waals surface area contributed by atoms with E-state index in [0.29, 0.717) is 53.6 Å². The van der Waals surface area contributed by atoms with Crippen LogP contribution in [0.2, 0.25) is 0 Å². The number of nitrogens with two attached hydrogens (primary N) is 2. The van der Waals surface area contributed by atoms with Crippen LogP contribution in [0.15, 0.2) is 40.6 Å². The molecule has 204 valence electrons. The number of anilines is 2. The summed E-state index contributed by atoms with van der Waals surface area (Å²) in [5, 5.41) is 19.7. The van der Waals surface area contributed by atoms with Crippen molar-refractivity contribution >= 4 is 28.4 Å². The van der Waals surface area contributed by atoms with E-state index in [0.717, 1.165) is 51.4 Å². The highest BCUT2D eigenvalue weighted by atomic mass is 16.6. The van der Waals surface area contributed by atoms with E-state index < -0.39 is 4.92 Å². The van der Waals surface area contributed by atoms with Gasteiger partial charge in [-0.2, -0.15) is 0 Å². The van der Waals surface area contributed by atoms with E-state index in [1.165, 1.54) is 18.2 Å². The van der Waals surface area contributed by atoms with Crippen molar-refractivity contribution in [3.8, 4) is 11.5 Å². The molecule has 2 atom stereocenters. The Labute approximate surface area is 220 Å². The third kappa shape index (κ3) is 9.55. The zero-order valence-electron chi connectivity index (χ0n) is 22.7. The molecule has 2 aromatic rings. The van der Waals surface area contributed by atoms with Gasteiger partial charge < -0.3 is 20.9 Å². The summed E-state index contributed by atoms with van der Waals surface area (Å²) >= 11 is 0. The lowest BCUT2D eigenvalue weighted by Crippen LogP contribution is -2.13. The van der Waals surface area contributed by atoms with Crippen LogP contribution in [0.3, 0.4) is 0 Å². The quantitative estimate of drug-likeness (QED) is 0.0942. The summed E-state index contributed by atoms with van der Waals surface area (Å²) in [6, 6.07) is 7.58. The van der Waals surface area contributed by atoms with Gasteiger partial charge in [-0.05, 0) is 30.7 Å². The van der Waals surface area contributed by atoms with Crippen LogP contribution in [-0.2, 0) is 0 Å². The number of nitrogens with zero attached hydrogens (tertiary/aromatic N) is 3. The van der Waals surface area contributed by atoms with Crippen molar-refractivity contribution in [1.29, 1.82) is 0 Å². The minimum Gasteiger partial charge on any atom is -0.491 e. The van der Waals surface area contributed by atoms with E-state index in [1.54, 1.807) is 12.1 Å². The van der Waals surface area contributed by atoms with Crippen LogP contribution in [0.4, 0.5) is 28.4 Å². The fourth-order valence-corrected chi connectivity index (χ4v) is 3.95. The number of unbranched alkanes of at least 4 members (excludes halogenated alkanes) is 2. The number of hydrogen-bond acceptors (Lipinski definition) is 8. The monoisotopic (exact) mass is 513 g/mol. The molecule has 2 aromatic carbocycles. The van der Waals surface area contributed by atoms with Gasteiger partial charge in [-0.1, -0.05) is 66.2 Å². The van der Waals surface area contributed by atoms with E-state index in [2.05, 4.69) is 37.9 Å². The predicted molar refractivity (Wildman–Crippen MR) is 150 cm³/mol. The van der Waals surface area contributed by atoms with E-state index in [1.807, 2.05) is 0 Å². The van der Waals surface area contributed by atoms with E-state index in [4.69, 9.17) is 20.9 Å². The van der Waals surface area contributed by atoms with Crippen molar-refractivity contribution in [2.75, 3.05) is 24.7 Å². The molecule has 2 unspecified atom stereocenters. The van der Waals surface area contributed by atoms with Gasteiger partial charge in [-0.3, -0.25) is 10.1 Å².